The number of nitrogens with zero attached hydrogens (tertiary/aromatic N) is 2. The Morgan fingerprint density at radius 2 is 1.94 bits per heavy atom. The van der Waals surface area contributed by atoms with Crippen LogP contribution in [0.3, 0.4) is 0 Å². The maximum Gasteiger partial charge on any atom is 0.312 e. The molecule has 4 rings (SSSR count). The fraction of sp³-hybridized carbons (Fsp3) is 0.731. The molecule has 34 heavy (non-hydrogen) atoms. The number of cyclic esters (lactones) is 1. The monoisotopic (exact) mass is 474 g/mol. The van der Waals surface area contributed by atoms with Gasteiger partial charge in [0.2, 0.25) is 11.8 Å². The normalized spacial score (nSPS) is 33.7. The second kappa shape index (κ2) is 10.6. The lowest BCUT2D eigenvalue weighted by Crippen LogP contribution is -2.56. The second-order valence-corrected chi connectivity index (χ2v) is 9.93. The van der Waals surface area contributed by atoms with E-state index < -0.39 is 35.6 Å². The Kier molecular flexibility index (Phi) is 7.77. The number of amides is 2. The summed E-state index contributed by atoms with van der Waals surface area (Å²) in [5.74, 6) is -2.27. The lowest BCUT2D eigenvalue weighted by atomic mass is 9.77. The topological polar surface area (TPSA) is 96.4 Å². The van der Waals surface area contributed by atoms with Gasteiger partial charge in [-0.05, 0) is 32.6 Å². The lowest BCUT2D eigenvalue weighted by Gasteiger charge is -2.37. The van der Waals surface area contributed by atoms with Crippen LogP contribution in [0.15, 0.2) is 24.3 Å². The Labute approximate surface area is 201 Å². The Balaban J connectivity index is 1.70. The minimum absolute atomic E-state index is 0.0396. The third-order valence-electron chi connectivity index (χ3n) is 7.70. The second-order valence-electron chi connectivity index (χ2n) is 9.93. The highest BCUT2D eigenvalue weighted by Crippen LogP contribution is 2.53. The van der Waals surface area contributed by atoms with Crippen LogP contribution in [0, 0.1) is 11.8 Å². The van der Waals surface area contributed by atoms with Gasteiger partial charge in [0.05, 0.1) is 18.6 Å². The fourth-order valence-electron chi connectivity index (χ4n) is 6.08. The standard InChI is InChI=1S/C26H38N2O6/c1-3-11-18(2)27-15-10-13-26-21(20-19(34-26)12-6-9-17-33-25(20)32)23(30)28(22(26)24(27)31)14-7-4-5-8-16-29/h6,10,12-13,18-22,29H,3-5,7-9,11,14-17H2,1-2H3/t18?,19-,20+,21+,22?,26+/m1/s1. The maximum atomic E-state index is 14.0. The van der Waals surface area contributed by atoms with Crippen LogP contribution in [-0.4, -0.2) is 82.8 Å². The number of esters is 1. The van der Waals surface area contributed by atoms with Crippen LogP contribution in [0.1, 0.15) is 58.8 Å². The number of rotatable bonds is 9. The molecule has 4 heterocycles. The molecule has 4 aliphatic heterocycles. The number of hydrogen-bond donors (Lipinski definition) is 1. The Morgan fingerprint density at radius 3 is 2.71 bits per heavy atom. The minimum Gasteiger partial charge on any atom is -0.465 e. The molecular weight excluding hydrogens is 436 g/mol. The van der Waals surface area contributed by atoms with Crippen molar-refractivity contribution in [1.29, 1.82) is 0 Å². The summed E-state index contributed by atoms with van der Waals surface area (Å²) in [6, 6.07) is -0.756. The average Bonchev–Trinajstić information content (AvgIpc) is 3.17. The lowest BCUT2D eigenvalue weighted by molar-refractivity contribution is -0.155. The summed E-state index contributed by atoms with van der Waals surface area (Å²) >= 11 is 0. The molecule has 188 valence electrons. The third-order valence-corrected chi connectivity index (χ3v) is 7.70. The SMILES string of the molecule is CCCC(C)N1CC=C[C@]23O[C@@H]4C=CCCOC(=O)[C@@H]4[C@H]2C(=O)N(CCCCCCO)C3C1=O. The third kappa shape index (κ3) is 4.31. The van der Waals surface area contributed by atoms with Crippen molar-refractivity contribution in [2.45, 2.75) is 82.6 Å². The molecule has 2 fully saturated rings. The van der Waals surface area contributed by atoms with Gasteiger partial charge in [0.15, 0.2) is 0 Å². The first-order chi connectivity index (χ1) is 16.5. The molecule has 0 aromatic heterocycles. The summed E-state index contributed by atoms with van der Waals surface area (Å²) in [6.07, 6.45) is 12.6. The van der Waals surface area contributed by atoms with E-state index in [9.17, 15) is 14.4 Å². The summed E-state index contributed by atoms with van der Waals surface area (Å²) < 4.78 is 12.0. The van der Waals surface area contributed by atoms with Crippen molar-refractivity contribution in [3.8, 4) is 0 Å². The first-order valence-electron chi connectivity index (χ1n) is 12.9. The molecule has 8 nitrogen and oxygen atoms in total. The highest BCUT2D eigenvalue weighted by Gasteiger charge is 2.71. The summed E-state index contributed by atoms with van der Waals surface area (Å²) in [5, 5.41) is 9.06. The number of ether oxygens (including phenoxy) is 2. The quantitative estimate of drug-likeness (QED) is 0.313. The zero-order valence-corrected chi connectivity index (χ0v) is 20.4. The molecule has 8 heteroatoms. The number of aliphatic hydroxyl groups excluding tert-OH is 1. The van der Waals surface area contributed by atoms with Crippen molar-refractivity contribution in [3.05, 3.63) is 24.3 Å². The van der Waals surface area contributed by atoms with Crippen LogP contribution >= 0.6 is 0 Å². The largest absolute Gasteiger partial charge is 0.465 e. The zero-order valence-electron chi connectivity index (χ0n) is 20.4. The van der Waals surface area contributed by atoms with Gasteiger partial charge in [-0.15, -0.1) is 0 Å². The molecule has 0 radical (unpaired) electrons. The van der Waals surface area contributed by atoms with Gasteiger partial charge in [-0.3, -0.25) is 14.4 Å². The summed E-state index contributed by atoms with van der Waals surface area (Å²) in [4.78, 5) is 44.5. The Hall–Kier alpha value is -2.19. The zero-order chi connectivity index (χ0) is 24.3. The van der Waals surface area contributed by atoms with Gasteiger partial charge in [-0.25, -0.2) is 0 Å². The highest BCUT2D eigenvalue weighted by molar-refractivity contribution is 5.99. The van der Waals surface area contributed by atoms with Gasteiger partial charge >= 0.3 is 5.97 Å². The molecule has 0 aliphatic carbocycles. The molecule has 0 aromatic carbocycles. The average molecular weight is 475 g/mol. The van der Waals surface area contributed by atoms with E-state index in [1.807, 2.05) is 36.1 Å². The van der Waals surface area contributed by atoms with Crippen molar-refractivity contribution in [2.24, 2.45) is 11.8 Å². The van der Waals surface area contributed by atoms with Gasteiger partial charge in [0, 0.05) is 25.7 Å². The van der Waals surface area contributed by atoms with E-state index in [0.29, 0.717) is 19.5 Å². The van der Waals surface area contributed by atoms with E-state index in [1.54, 1.807) is 4.90 Å². The van der Waals surface area contributed by atoms with Crippen LogP contribution in [-0.2, 0) is 23.9 Å². The molecule has 0 bridgehead atoms. The predicted molar refractivity (Wildman–Crippen MR) is 126 cm³/mol. The van der Waals surface area contributed by atoms with E-state index >= 15 is 0 Å². The molecule has 6 atom stereocenters. The first-order valence-corrected chi connectivity index (χ1v) is 12.9. The molecular formula is C26H38N2O6. The molecule has 0 saturated carbocycles. The molecule has 1 N–H and O–H groups in total. The van der Waals surface area contributed by atoms with Gasteiger partial charge in [-0.2, -0.15) is 0 Å². The van der Waals surface area contributed by atoms with Gasteiger partial charge in [0.1, 0.15) is 17.6 Å². The van der Waals surface area contributed by atoms with Gasteiger partial charge < -0.3 is 24.4 Å². The summed E-state index contributed by atoms with van der Waals surface area (Å²) in [6.45, 7) is 5.46. The van der Waals surface area contributed by atoms with Crippen LogP contribution < -0.4 is 0 Å². The van der Waals surface area contributed by atoms with Crippen LogP contribution in [0.5, 0.6) is 0 Å². The molecule has 4 aliphatic rings. The van der Waals surface area contributed by atoms with Crippen molar-refractivity contribution in [3.63, 3.8) is 0 Å². The van der Waals surface area contributed by atoms with Crippen molar-refractivity contribution in [2.75, 3.05) is 26.3 Å². The van der Waals surface area contributed by atoms with E-state index in [4.69, 9.17) is 14.6 Å². The number of likely N-dealkylation sites (tertiary alicyclic amines) is 1. The number of fused-ring (bicyclic) bond motifs is 2. The van der Waals surface area contributed by atoms with Gasteiger partial charge in [-0.1, -0.05) is 50.5 Å². The fourth-order valence-corrected chi connectivity index (χ4v) is 6.08. The van der Waals surface area contributed by atoms with Crippen LogP contribution in [0.4, 0.5) is 0 Å². The first kappa shape index (κ1) is 24.9. The predicted octanol–water partition coefficient (Wildman–Crippen LogP) is 2.21. The molecule has 1 spiro atoms. The van der Waals surface area contributed by atoms with E-state index in [2.05, 4.69) is 6.92 Å². The Morgan fingerprint density at radius 1 is 1.15 bits per heavy atom. The Bertz CT molecular complexity index is 841. The minimum atomic E-state index is -1.18. The van der Waals surface area contributed by atoms with Crippen molar-refractivity contribution < 1.29 is 29.0 Å². The summed E-state index contributed by atoms with van der Waals surface area (Å²) in [5.41, 5.74) is -1.18. The number of carbonyl (C=O) groups is 3. The van der Waals surface area contributed by atoms with Gasteiger partial charge in [0.25, 0.3) is 0 Å². The highest BCUT2D eigenvalue weighted by atomic mass is 16.6. The van der Waals surface area contributed by atoms with Crippen molar-refractivity contribution >= 4 is 17.8 Å². The van der Waals surface area contributed by atoms with E-state index in [-0.39, 0.29) is 31.1 Å². The number of hydrogen-bond acceptors (Lipinski definition) is 6. The maximum absolute atomic E-state index is 14.0. The summed E-state index contributed by atoms with van der Waals surface area (Å²) in [7, 11) is 0. The van der Waals surface area contributed by atoms with Crippen LogP contribution in [0.2, 0.25) is 0 Å². The smallest absolute Gasteiger partial charge is 0.312 e. The van der Waals surface area contributed by atoms with Crippen LogP contribution in [0.25, 0.3) is 0 Å². The molecule has 2 amide bonds. The number of aliphatic hydroxyl groups is 1. The number of unbranched alkanes of at least 4 members (excludes halogenated alkanes) is 3. The van der Waals surface area contributed by atoms with E-state index in [1.165, 1.54) is 0 Å². The van der Waals surface area contributed by atoms with E-state index in [0.717, 1.165) is 38.5 Å². The molecule has 0 aromatic rings. The molecule has 2 unspecified atom stereocenters. The van der Waals surface area contributed by atoms with Crippen molar-refractivity contribution in [1.82, 2.24) is 9.80 Å². The number of carbonyl (C=O) groups excluding carboxylic acids is 3. The molecule has 2 saturated heterocycles.